The fraction of sp³-hybridized carbons (Fsp3) is 0.385. The number of ether oxygens (including phenoxy) is 1. The van der Waals surface area contributed by atoms with E-state index in [0.29, 0.717) is 0 Å². The topological polar surface area (TPSA) is 35.2 Å². The Labute approximate surface area is 94.9 Å². The first-order valence-corrected chi connectivity index (χ1v) is 5.53. The van der Waals surface area contributed by atoms with Crippen molar-refractivity contribution in [1.82, 2.24) is 0 Å². The summed E-state index contributed by atoms with van der Waals surface area (Å²) in [6, 6.07) is 4.39. The van der Waals surface area contributed by atoms with Crippen molar-refractivity contribution < 1.29 is 9.13 Å². The third-order valence-electron chi connectivity index (χ3n) is 2.84. The summed E-state index contributed by atoms with van der Waals surface area (Å²) in [7, 11) is 0. The smallest absolute Gasteiger partial charge is 0.123 e. The Bertz CT molecular complexity index is 414. The van der Waals surface area contributed by atoms with Crippen molar-refractivity contribution in [1.29, 1.82) is 0 Å². The number of aryl methyl sites for hydroxylation is 1. The second-order valence-corrected chi connectivity index (χ2v) is 4.08. The third kappa shape index (κ3) is 2.25. The van der Waals surface area contributed by atoms with Crippen LogP contribution in [-0.2, 0) is 4.74 Å². The fourth-order valence-corrected chi connectivity index (χ4v) is 1.93. The highest BCUT2D eigenvalue weighted by molar-refractivity contribution is 5.33. The van der Waals surface area contributed by atoms with Gasteiger partial charge in [0.25, 0.3) is 0 Å². The summed E-state index contributed by atoms with van der Waals surface area (Å²) < 4.78 is 18.5. The van der Waals surface area contributed by atoms with E-state index in [1.54, 1.807) is 6.07 Å². The number of nitrogens with two attached hydrogens (primary N) is 1. The highest BCUT2D eigenvalue weighted by Crippen LogP contribution is 2.26. The molecule has 0 radical (unpaired) electrons. The van der Waals surface area contributed by atoms with Crippen molar-refractivity contribution in [2.24, 2.45) is 5.73 Å². The molecule has 0 bridgehead atoms. The van der Waals surface area contributed by atoms with E-state index in [-0.39, 0.29) is 11.9 Å². The Balaban J connectivity index is 2.26. The monoisotopic (exact) mass is 221 g/mol. The Kier molecular flexibility index (Phi) is 3.25. The summed E-state index contributed by atoms with van der Waals surface area (Å²) in [5, 5.41) is 0. The van der Waals surface area contributed by atoms with Crippen LogP contribution in [0.4, 0.5) is 4.39 Å². The van der Waals surface area contributed by atoms with Crippen LogP contribution in [0.5, 0.6) is 0 Å². The van der Waals surface area contributed by atoms with Gasteiger partial charge >= 0.3 is 0 Å². The molecule has 0 aliphatic carbocycles. The van der Waals surface area contributed by atoms with Crippen LogP contribution in [0, 0.1) is 12.7 Å². The van der Waals surface area contributed by atoms with Gasteiger partial charge in [0.05, 0.1) is 12.6 Å². The van der Waals surface area contributed by atoms with Crippen LogP contribution in [0.2, 0.25) is 0 Å². The van der Waals surface area contributed by atoms with Crippen molar-refractivity contribution in [2.45, 2.75) is 25.8 Å². The number of halogens is 1. The molecule has 1 atom stereocenters. The van der Waals surface area contributed by atoms with Crippen LogP contribution in [-0.4, -0.2) is 6.61 Å². The first-order valence-electron chi connectivity index (χ1n) is 5.53. The van der Waals surface area contributed by atoms with Gasteiger partial charge in [-0.1, -0.05) is 6.07 Å². The van der Waals surface area contributed by atoms with Crippen molar-refractivity contribution in [3.8, 4) is 0 Å². The molecule has 0 aromatic heterocycles. The minimum Gasteiger partial charge on any atom is -0.496 e. The zero-order valence-corrected chi connectivity index (χ0v) is 9.37. The average Bonchev–Trinajstić information content (AvgIpc) is 2.29. The van der Waals surface area contributed by atoms with Crippen LogP contribution >= 0.6 is 0 Å². The summed E-state index contributed by atoms with van der Waals surface area (Å²) in [5.41, 5.74) is 7.89. The lowest BCUT2D eigenvalue weighted by molar-refractivity contribution is 0.175. The van der Waals surface area contributed by atoms with Gasteiger partial charge in [0.1, 0.15) is 11.6 Å². The van der Waals surface area contributed by atoms with E-state index in [1.807, 2.05) is 13.0 Å². The minimum absolute atomic E-state index is 0.230. The molecule has 1 heterocycles. The lowest BCUT2D eigenvalue weighted by atomic mass is 9.99. The lowest BCUT2D eigenvalue weighted by Crippen LogP contribution is -2.18. The van der Waals surface area contributed by atoms with Gasteiger partial charge in [-0.25, -0.2) is 4.39 Å². The molecular weight excluding hydrogens is 205 g/mol. The highest BCUT2D eigenvalue weighted by atomic mass is 19.1. The molecule has 0 amide bonds. The van der Waals surface area contributed by atoms with Crippen LogP contribution in [0.15, 0.2) is 30.0 Å². The maximum Gasteiger partial charge on any atom is 0.123 e. The fourth-order valence-electron chi connectivity index (χ4n) is 1.93. The second-order valence-electron chi connectivity index (χ2n) is 4.08. The molecule has 1 aromatic carbocycles. The minimum atomic E-state index is -0.277. The SMILES string of the molecule is Cc1cc(F)ccc1C(N)C1=CCCCO1. The van der Waals surface area contributed by atoms with Gasteiger partial charge in [0.15, 0.2) is 0 Å². The van der Waals surface area contributed by atoms with Crippen LogP contribution < -0.4 is 5.73 Å². The van der Waals surface area contributed by atoms with Crippen molar-refractivity contribution >= 4 is 0 Å². The van der Waals surface area contributed by atoms with Crippen molar-refractivity contribution in [2.75, 3.05) is 6.61 Å². The molecule has 1 aliphatic rings. The molecule has 0 spiro atoms. The molecular formula is C13H16FNO. The van der Waals surface area contributed by atoms with E-state index in [4.69, 9.17) is 10.5 Å². The van der Waals surface area contributed by atoms with Crippen molar-refractivity contribution in [3.05, 3.63) is 47.0 Å². The molecule has 1 unspecified atom stereocenters. The number of hydrogen-bond acceptors (Lipinski definition) is 2. The average molecular weight is 221 g/mol. The van der Waals surface area contributed by atoms with Gasteiger partial charge < -0.3 is 10.5 Å². The van der Waals surface area contributed by atoms with Crippen LogP contribution in [0.1, 0.15) is 30.0 Å². The Morgan fingerprint density at radius 3 is 2.88 bits per heavy atom. The molecule has 16 heavy (non-hydrogen) atoms. The highest BCUT2D eigenvalue weighted by Gasteiger charge is 2.17. The zero-order chi connectivity index (χ0) is 11.5. The van der Waals surface area contributed by atoms with Gasteiger partial charge in [-0.3, -0.25) is 0 Å². The second kappa shape index (κ2) is 4.66. The standard InChI is InChI=1S/C13H16FNO/c1-9-8-10(14)5-6-11(9)13(15)12-4-2-3-7-16-12/h4-6,8,13H,2-3,7,15H2,1H3. The van der Waals surface area contributed by atoms with E-state index < -0.39 is 0 Å². The molecule has 2 rings (SSSR count). The van der Waals surface area contributed by atoms with E-state index in [1.165, 1.54) is 12.1 Å². The molecule has 0 fully saturated rings. The first kappa shape index (κ1) is 11.1. The van der Waals surface area contributed by atoms with E-state index >= 15 is 0 Å². The Hall–Kier alpha value is -1.35. The summed E-state index contributed by atoms with van der Waals surface area (Å²) in [6.45, 7) is 2.58. The predicted molar refractivity (Wildman–Crippen MR) is 61.3 cm³/mol. The largest absolute Gasteiger partial charge is 0.496 e. The molecule has 86 valence electrons. The van der Waals surface area contributed by atoms with Crippen LogP contribution in [0.25, 0.3) is 0 Å². The van der Waals surface area contributed by atoms with Gasteiger partial charge in [-0.15, -0.1) is 0 Å². The number of benzene rings is 1. The lowest BCUT2D eigenvalue weighted by Gasteiger charge is -2.22. The maximum atomic E-state index is 13.0. The maximum absolute atomic E-state index is 13.0. The van der Waals surface area contributed by atoms with Crippen molar-refractivity contribution in [3.63, 3.8) is 0 Å². The molecule has 1 aromatic rings. The van der Waals surface area contributed by atoms with Gasteiger partial charge in [-0.05, 0) is 49.1 Å². The van der Waals surface area contributed by atoms with Gasteiger partial charge in [0.2, 0.25) is 0 Å². The first-order chi connectivity index (χ1) is 7.68. The number of allylic oxidation sites excluding steroid dienone is 1. The van der Waals surface area contributed by atoms with E-state index in [9.17, 15) is 4.39 Å². The van der Waals surface area contributed by atoms with Gasteiger partial charge in [-0.2, -0.15) is 0 Å². The van der Waals surface area contributed by atoms with E-state index in [2.05, 4.69) is 0 Å². The number of hydrogen-bond donors (Lipinski definition) is 1. The molecule has 2 N–H and O–H groups in total. The zero-order valence-electron chi connectivity index (χ0n) is 9.37. The number of rotatable bonds is 2. The van der Waals surface area contributed by atoms with E-state index in [0.717, 1.165) is 36.3 Å². The summed E-state index contributed by atoms with van der Waals surface area (Å²) in [5.74, 6) is 0.577. The Morgan fingerprint density at radius 1 is 1.44 bits per heavy atom. The quantitative estimate of drug-likeness (QED) is 0.833. The summed E-state index contributed by atoms with van der Waals surface area (Å²) >= 11 is 0. The molecule has 1 aliphatic heterocycles. The predicted octanol–water partition coefficient (Wildman–Crippen LogP) is 2.83. The molecule has 3 heteroatoms. The normalized spacial score (nSPS) is 17.6. The summed E-state index contributed by atoms with van der Waals surface area (Å²) in [4.78, 5) is 0. The molecule has 2 nitrogen and oxygen atoms in total. The van der Waals surface area contributed by atoms with Crippen LogP contribution in [0.3, 0.4) is 0 Å². The molecule has 0 saturated heterocycles. The molecule has 0 saturated carbocycles. The summed E-state index contributed by atoms with van der Waals surface area (Å²) in [6.07, 6.45) is 4.07. The van der Waals surface area contributed by atoms with Gasteiger partial charge in [0, 0.05) is 0 Å². The third-order valence-corrected chi connectivity index (χ3v) is 2.84. The Morgan fingerprint density at radius 2 is 2.25 bits per heavy atom.